The number of hydrogen-bond donors (Lipinski definition) is 0. The Morgan fingerprint density at radius 3 is 2.11 bits per heavy atom. The summed E-state index contributed by atoms with van der Waals surface area (Å²) in [5.74, 6) is 0.899. The number of hydrogen-bond acceptors (Lipinski definition) is 4. The number of aldehydes is 1. The molecule has 1 aliphatic heterocycles. The predicted octanol–water partition coefficient (Wildman–Crippen LogP) is 6.90. The highest BCUT2D eigenvalue weighted by molar-refractivity contribution is 5.88. The van der Waals surface area contributed by atoms with Crippen LogP contribution >= 0.6 is 0 Å². The average molecular weight is 473 g/mol. The molecule has 0 amide bonds. The SMILES string of the molecule is O=Cc1ccc(N2CCN(Cc3ccccc3-c3ccccc3-c3cc4ccccc4o3)CC2)cc1. The Bertz CT molecular complexity index is 1460. The fourth-order valence-electron chi connectivity index (χ4n) is 5.14. The van der Waals surface area contributed by atoms with Crippen molar-refractivity contribution < 1.29 is 9.21 Å². The summed E-state index contributed by atoms with van der Waals surface area (Å²) in [5, 5.41) is 1.12. The molecule has 0 bridgehead atoms. The topological polar surface area (TPSA) is 36.7 Å². The molecule has 6 rings (SSSR count). The minimum atomic E-state index is 0.719. The summed E-state index contributed by atoms with van der Waals surface area (Å²) in [6, 6.07) is 35.4. The Hall–Kier alpha value is -4.15. The first-order valence-corrected chi connectivity index (χ1v) is 12.5. The van der Waals surface area contributed by atoms with E-state index in [0.29, 0.717) is 0 Å². The quantitative estimate of drug-likeness (QED) is 0.252. The van der Waals surface area contributed by atoms with E-state index >= 15 is 0 Å². The van der Waals surface area contributed by atoms with E-state index in [4.69, 9.17) is 4.42 Å². The van der Waals surface area contributed by atoms with Crippen molar-refractivity contribution in [2.24, 2.45) is 0 Å². The highest BCUT2D eigenvalue weighted by Gasteiger charge is 2.20. The number of nitrogens with zero attached hydrogens (tertiary/aromatic N) is 2. The van der Waals surface area contributed by atoms with Gasteiger partial charge in [-0.05, 0) is 53.1 Å². The molecule has 0 unspecified atom stereocenters. The molecule has 1 fully saturated rings. The average Bonchev–Trinajstić information content (AvgIpc) is 3.38. The number of carbonyl (C=O) groups excluding carboxylic acids is 1. The third-order valence-electron chi connectivity index (χ3n) is 7.09. The van der Waals surface area contributed by atoms with Crippen LogP contribution in [0.4, 0.5) is 5.69 Å². The lowest BCUT2D eigenvalue weighted by Crippen LogP contribution is -2.46. The molecule has 5 aromatic rings. The molecule has 1 aromatic heterocycles. The van der Waals surface area contributed by atoms with Crippen molar-refractivity contribution in [3.63, 3.8) is 0 Å². The lowest BCUT2D eigenvalue weighted by atomic mass is 9.94. The van der Waals surface area contributed by atoms with E-state index in [9.17, 15) is 4.79 Å². The molecule has 4 aromatic carbocycles. The number of anilines is 1. The van der Waals surface area contributed by atoms with Crippen LogP contribution in [0.1, 0.15) is 15.9 Å². The van der Waals surface area contributed by atoms with Gasteiger partial charge in [-0.3, -0.25) is 9.69 Å². The van der Waals surface area contributed by atoms with Crippen molar-refractivity contribution in [2.75, 3.05) is 31.1 Å². The molecule has 2 heterocycles. The first-order valence-electron chi connectivity index (χ1n) is 12.5. The van der Waals surface area contributed by atoms with E-state index in [2.05, 4.69) is 70.5 Å². The van der Waals surface area contributed by atoms with Crippen LogP contribution in [0.25, 0.3) is 33.4 Å². The maximum Gasteiger partial charge on any atom is 0.150 e. The molecular weight excluding hydrogens is 444 g/mol. The van der Waals surface area contributed by atoms with E-state index in [0.717, 1.165) is 66.9 Å². The summed E-state index contributed by atoms with van der Waals surface area (Å²) in [6.07, 6.45) is 0.894. The molecule has 0 spiro atoms. The number of benzene rings is 4. The van der Waals surface area contributed by atoms with E-state index in [1.165, 1.54) is 22.4 Å². The van der Waals surface area contributed by atoms with Gasteiger partial charge < -0.3 is 9.32 Å². The Morgan fingerprint density at radius 2 is 1.36 bits per heavy atom. The van der Waals surface area contributed by atoms with Crippen LogP contribution in [-0.2, 0) is 6.54 Å². The highest BCUT2D eigenvalue weighted by Crippen LogP contribution is 2.37. The molecule has 1 saturated heterocycles. The molecule has 1 aliphatic rings. The lowest BCUT2D eigenvalue weighted by Gasteiger charge is -2.36. The highest BCUT2D eigenvalue weighted by atomic mass is 16.3. The number of piperazine rings is 1. The van der Waals surface area contributed by atoms with E-state index in [1.807, 2.05) is 42.5 Å². The number of rotatable bonds is 6. The molecule has 4 nitrogen and oxygen atoms in total. The van der Waals surface area contributed by atoms with Gasteiger partial charge >= 0.3 is 0 Å². The first kappa shape index (κ1) is 22.3. The number of para-hydroxylation sites is 1. The number of furan rings is 1. The van der Waals surface area contributed by atoms with Crippen molar-refractivity contribution in [3.05, 3.63) is 114 Å². The number of fused-ring (bicyclic) bond motifs is 1. The van der Waals surface area contributed by atoms with E-state index in [1.54, 1.807) is 0 Å². The Kier molecular flexibility index (Phi) is 6.10. The second-order valence-corrected chi connectivity index (χ2v) is 9.32. The summed E-state index contributed by atoms with van der Waals surface area (Å²) < 4.78 is 6.24. The van der Waals surface area contributed by atoms with Gasteiger partial charge in [-0.1, -0.05) is 66.7 Å². The van der Waals surface area contributed by atoms with Crippen molar-refractivity contribution in [1.82, 2.24) is 4.90 Å². The van der Waals surface area contributed by atoms with Crippen molar-refractivity contribution in [2.45, 2.75) is 6.54 Å². The molecule has 4 heteroatoms. The zero-order chi connectivity index (χ0) is 24.3. The van der Waals surface area contributed by atoms with Gasteiger partial charge in [-0.25, -0.2) is 0 Å². The van der Waals surface area contributed by atoms with Crippen LogP contribution in [0.15, 0.2) is 108 Å². The first-order chi connectivity index (χ1) is 17.8. The van der Waals surface area contributed by atoms with Crippen molar-refractivity contribution in [1.29, 1.82) is 0 Å². The van der Waals surface area contributed by atoms with Crippen LogP contribution in [0.2, 0.25) is 0 Å². The molecule has 0 N–H and O–H groups in total. The largest absolute Gasteiger partial charge is 0.456 e. The molecule has 178 valence electrons. The number of carbonyl (C=O) groups is 1. The molecule has 0 saturated carbocycles. The monoisotopic (exact) mass is 472 g/mol. The summed E-state index contributed by atoms with van der Waals surface area (Å²) in [7, 11) is 0. The van der Waals surface area contributed by atoms with Gasteiger partial charge in [0.1, 0.15) is 17.6 Å². The van der Waals surface area contributed by atoms with Crippen LogP contribution in [0.3, 0.4) is 0 Å². The zero-order valence-electron chi connectivity index (χ0n) is 20.1. The van der Waals surface area contributed by atoms with Crippen LogP contribution < -0.4 is 4.90 Å². The molecule has 0 aliphatic carbocycles. The van der Waals surface area contributed by atoms with Gasteiger partial charge in [0.15, 0.2) is 0 Å². The lowest BCUT2D eigenvalue weighted by molar-refractivity contribution is 0.112. The molecule has 0 radical (unpaired) electrons. The minimum Gasteiger partial charge on any atom is -0.456 e. The molecule has 36 heavy (non-hydrogen) atoms. The summed E-state index contributed by atoms with van der Waals surface area (Å²) in [6.45, 7) is 4.84. The van der Waals surface area contributed by atoms with E-state index < -0.39 is 0 Å². The van der Waals surface area contributed by atoms with Gasteiger partial charge in [-0.15, -0.1) is 0 Å². The standard InChI is InChI=1S/C32H28N2O2/c35-23-24-13-15-27(16-14-24)34-19-17-33(18-20-34)22-26-8-1-3-9-28(26)29-10-4-5-11-30(29)32-21-25-7-2-6-12-31(25)36-32/h1-16,21,23H,17-20,22H2. The zero-order valence-corrected chi connectivity index (χ0v) is 20.1. The van der Waals surface area contributed by atoms with Gasteiger partial charge in [0.25, 0.3) is 0 Å². The molecule has 0 atom stereocenters. The van der Waals surface area contributed by atoms with Crippen LogP contribution in [0.5, 0.6) is 0 Å². The van der Waals surface area contributed by atoms with Gasteiger partial charge in [-0.2, -0.15) is 0 Å². The van der Waals surface area contributed by atoms with E-state index in [-0.39, 0.29) is 0 Å². The Balaban J connectivity index is 1.23. The minimum absolute atomic E-state index is 0.719. The third kappa shape index (κ3) is 4.43. The van der Waals surface area contributed by atoms with Crippen LogP contribution in [0, 0.1) is 0 Å². The van der Waals surface area contributed by atoms with Crippen molar-refractivity contribution >= 4 is 22.9 Å². The summed E-state index contributed by atoms with van der Waals surface area (Å²) in [4.78, 5) is 15.9. The smallest absolute Gasteiger partial charge is 0.150 e. The summed E-state index contributed by atoms with van der Waals surface area (Å²) >= 11 is 0. The maximum atomic E-state index is 11.0. The fraction of sp³-hybridized carbons (Fsp3) is 0.156. The van der Waals surface area contributed by atoms with Gasteiger partial charge in [0.05, 0.1) is 0 Å². The fourth-order valence-corrected chi connectivity index (χ4v) is 5.14. The predicted molar refractivity (Wildman–Crippen MR) is 146 cm³/mol. The normalized spacial score (nSPS) is 14.3. The second kappa shape index (κ2) is 9.84. The summed E-state index contributed by atoms with van der Waals surface area (Å²) in [5.41, 5.74) is 7.70. The third-order valence-corrected chi connectivity index (χ3v) is 7.09. The van der Waals surface area contributed by atoms with Crippen LogP contribution in [-0.4, -0.2) is 37.4 Å². The second-order valence-electron chi connectivity index (χ2n) is 9.32. The van der Waals surface area contributed by atoms with Crippen molar-refractivity contribution in [3.8, 4) is 22.5 Å². The Labute approximate surface area is 211 Å². The van der Waals surface area contributed by atoms with Gasteiger partial charge in [0, 0.05) is 54.9 Å². The maximum absolute atomic E-state index is 11.0. The Morgan fingerprint density at radius 1 is 0.694 bits per heavy atom. The van der Waals surface area contributed by atoms with Gasteiger partial charge in [0.2, 0.25) is 0 Å². The molecular formula is C32H28N2O2.